The maximum absolute atomic E-state index is 8.87. The summed E-state index contributed by atoms with van der Waals surface area (Å²) in [5, 5.41) is 12.1. The second-order valence-corrected chi connectivity index (χ2v) is 4.22. The molecular weight excluding hydrogens is 228 g/mol. The SMILES string of the molecule is COCCN(C)CCNc1cc(C#N)cc(C)n1. The molecule has 1 aromatic rings. The fourth-order valence-electron chi connectivity index (χ4n) is 1.56. The van der Waals surface area contributed by atoms with Gasteiger partial charge >= 0.3 is 0 Å². The van der Waals surface area contributed by atoms with E-state index in [1.165, 1.54) is 0 Å². The van der Waals surface area contributed by atoms with Crippen LogP contribution >= 0.6 is 0 Å². The maximum Gasteiger partial charge on any atom is 0.127 e. The summed E-state index contributed by atoms with van der Waals surface area (Å²) in [4.78, 5) is 6.51. The molecule has 0 saturated carbocycles. The van der Waals surface area contributed by atoms with Crippen molar-refractivity contribution in [3.63, 3.8) is 0 Å². The molecule has 0 radical (unpaired) electrons. The van der Waals surface area contributed by atoms with Gasteiger partial charge < -0.3 is 15.0 Å². The molecule has 0 aliphatic carbocycles. The van der Waals surface area contributed by atoms with Gasteiger partial charge in [-0.05, 0) is 26.1 Å². The third-order valence-electron chi connectivity index (χ3n) is 2.56. The fourth-order valence-corrected chi connectivity index (χ4v) is 1.56. The van der Waals surface area contributed by atoms with Gasteiger partial charge in [-0.3, -0.25) is 0 Å². The molecule has 1 heterocycles. The minimum Gasteiger partial charge on any atom is -0.383 e. The molecule has 0 aromatic carbocycles. The van der Waals surface area contributed by atoms with Gasteiger partial charge in [-0.1, -0.05) is 0 Å². The number of nitrogens with zero attached hydrogens (tertiary/aromatic N) is 3. The number of hydrogen-bond acceptors (Lipinski definition) is 5. The van der Waals surface area contributed by atoms with Gasteiger partial charge in [0.2, 0.25) is 0 Å². The van der Waals surface area contributed by atoms with Crippen molar-refractivity contribution in [3.05, 3.63) is 23.4 Å². The highest BCUT2D eigenvalue weighted by atomic mass is 16.5. The number of anilines is 1. The summed E-state index contributed by atoms with van der Waals surface area (Å²) in [7, 11) is 3.75. The number of aromatic nitrogens is 1. The smallest absolute Gasteiger partial charge is 0.127 e. The highest BCUT2D eigenvalue weighted by Gasteiger charge is 2.01. The lowest BCUT2D eigenvalue weighted by Crippen LogP contribution is -2.28. The van der Waals surface area contributed by atoms with Crippen molar-refractivity contribution in [2.75, 3.05) is 45.7 Å². The lowest BCUT2D eigenvalue weighted by molar-refractivity contribution is 0.163. The molecule has 0 unspecified atom stereocenters. The molecule has 5 nitrogen and oxygen atoms in total. The Morgan fingerprint density at radius 3 is 2.89 bits per heavy atom. The third-order valence-corrected chi connectivity index (χ3v) is 2.56. The number of hydrogen-bond donors (Lipinski definition) is 1. The molecule has 1 rings (SSSR count). The van der Waals surface area contributed by atoms with Gasteiger partial charge in [-0.2, -0.15) is 5.26 Å². The molecule has 18 heavy (non-hydrogen) atoms. The number of aryl methyl sites for hydroxylation is 1. The van der Waals surface area contributed by atoms with Gasteiger partial charge in [-0.15, -0.1) is 0 Å². The number of pyridine rings is 1. The molecule has 0 saturated heterocycles. The van der Waals surface area contributed by atoms with E-state index in [-0.39, 0.29) is 0 Å². The Labute approximate surface area is 108 Å². The van der Waals surface area contributed by atoms with E-state index < -0.39 is 0 Å². The zero-order chi connectivity index (χ0) is 13.4. The number of methoxy groups -OCH3 is 1. The van der Waals surface area contributed by atoms with Crippen molar-refractivity contribution in [2.45, 2.75) is 6.92 Å². The third kappa shape index (κ3) is 5.13. The second-order valence-electron chi connectivity index (χ2n) is 4.22. The highest BCUT2D eigenvalue weighted by Crippen LogP contribution is 2.08. The molecular formula is C13H20N4O. The van der Waals surface area contributed by atoms with E-state index in [0.717, 1.165) is 37.8 Å². The maximum atomic E-state index is 8.87. The minimum absolute atomic E-state index is 0.637. The van der Waals surface area contributed by atoms with Crippen molar-refractivity contribution >= 4 is 5.82 Å². The van der Waals surface area contributed by atoms with Crippen LogP contribution in [0.5, 0.6) is 0 Å². The normalized spacial score (nSPS) is 10.4. The van der Waals surface area contributed by atoms with Gasteiger partial charge in [-0.25, -0.2) is 4.98 Å². The number of nitriles is 1. The largest absolute Gasteiger partial charge is 0.383 e. The Kier molecular flexibility index (Phi) is 6.12. The Bertz CT molecular complexity index is 414. The molecule has 0 aliphatic rings. The molecule has 0 amide bonds. The fraction of sp³-hybridized carbons (Fsp3) is 0.538. The van der Waals surface area contributed by atoms with Crippen molar-refractivity contribution in [3.8, 4) is 6.07 Å². The molecule has 1 aromatic heterocycles. The number of nitrogens with one attached hydrogen (secondary N) is 1. The standard InChI is InChI=1S/C13H20N4O/c1-11-8-12(10-14)9-13(16-11)15-4-5-17(2)6-7-18-3/h8-9H,4-7H2,1-3H3,(H,15,16). The first-order chi connectivity index (χ1) is 8.65. The lowest BCUT2D eigenvalue weighted by atomic mass is 10.2. The predicted molar refractivity (Wildman–Crippen MR) is 71.6 cm³/mol. The quantitative estimate of drug-likeness (QED) is 0.787. The highest BCUT2D eigenvalue weighted by molar-refractivity contribution is 5.44. The second kappa shape index (κ2) is 7.64. The van der Waals surface area contributed by atoms with Crippen molar-refractivity contribution < 1.29 is 4.74 Å². The number of rotatable bonds is 7. The molecule has 0 fully saturated rings. The first-order valence-corrected chi connectivity index (χ1v) is 5.96. The Balaban J connectivity index is 2.39. The minimum atomic E-state index is 0.637. The first kappa shape index (κ1) is 14.4. The zero-order valence-electron chi connectivity index (χ0n) is 11.2. The van der Waals surface area contributed by atoms with Crippen LogP contribution < -0.4 is 5.32 Å². The van der Waals surface area contributed by atoms with E-state index in [2.05, 4.69) is 21.3 Å². The van der Waals surface area contributed by atoms with E-state index in [9.17, 15) is 0 Å². The summed E-state index contributed by atoms with van der Waals surface area (Å²) in [6, 6.07) is 5.67. The summed E-state index contributed by atoms with van der Waals surface area (Å²) in [6.45, 7) is 5.22. The van der Waals surface area contributed by atoms with Crippen molar-refractivity contribution in [1.82, 2.24) is 9.88 Å². The van der Waals surface area contributed by atoms with Crippen LogP contribution in [0.4, 0.5) is 5.82 Å². The van der Waals surface area contributed by atoms with E-state index in [1.807, 2.05) is 14.0 Å². The summed E-state index contributed by atoms with van der Waals surface area (Å²) in [5.74, 6) is 0.756. The van der Waals surface area contributed by atoms with Gasteiger partial charge in [0.1, 0.15) is 5.82 Å². The van der Waals surface area contributed by atoms with E-state index in [1.54, 1.807) is 19.2 Å². The van der Waals surface area contributed by atoms with E-state index >= 15 is 0 Å². The van der Waals surface area contributed by atoms with Crippen LogP contribution in [0.25, 0.3) is 0 Å². The van der Waals surface area contributed by atoms with Crippen LogP contribution in [0, 0.1) is 18.3 Å². The van der Waals surface area contributed by atoms with Crippen molar-refractivity contribution in [1.29, 1.82) is 5.26 Å². The average Bonchev–Trinajstić information content (AvgIpc) is 2.35. The Morgan fingerprint density at radius 1 is 1.44 bits per heavy atom. The van der Waals surface area contributed by atoms with Gasteiger partial charge in [0, 0.05) is 32.4 Å². The molecule has 0 spiro atoms. The van der Waals surface area contributed by atoms with Gasteiger partial charge in [0.15, 0.2) is 0 Å². The first-order valence-electron chi connectivity index (χ1n) is 5.96. The summed E-state index contributed by atoms with van der Waals surface area (Å²) < 4.78 is 5.01. The van der Waals surface area contributed by atoms with Crippen LogP contribution in [0.3, 0.4) is 0 Å². The molecule has 0 aliphatic heterocycles. The van der Waals surface area contributed by atoms with Crippen LogP contribution in [-0.2, 0) is 4.74 Å². The average molecular weight is 248 g/mol. The monoisotopic (exact) mass is 248 g/mol. The lowest BCUT2D eigenvalue weighted by Gasteiger charge is -2.16. The van der Waals surface area contributed by atoms with Crippen LogP contribution in [0.2, 0.25) is 0 Å². The molecule has 0 bridgehead atoms. The van der Waals surface area contributed by atoms with Crippen molar-refractivity contribution in [2.24, 2.45) is 0 Å². The Morgan fingerprint density at radius 2 is 2.22 bits per heavy atom. The molecule has 5 heteroatoms. The summed E-state index contributed by atoms with van der Waals surface area (Å²) in [5.41, 5.74) is 1.49. The molecule has 0 atom stereocenters. The topological polar surface area (TPSA) is 61.2 Å². The number of ether oxygens (including phenoxy) is 1. The zero-order valence-corrected chi connectivity index (χ0v) is 11.2. The summed E-state index contributed by atoms with van der Waals surface area (Å²) in [6.07, 6.45) is 0. The predicted octanol–water partition coefficient (Wildman–Crippen LogP) is 1.25. The molecule has 1 N–H and O–H groups in total. The van der Waals surface area contributed by atoms with Gasteiger partial charge in [0.05, 0.1) is 18.2 Å². The Hall–Kier alpha value is -1.64. The van der Waals surface area contributed by atoms with Gasteiger partial charge in [0.25, 0.3) is 0 Å². The van der Waals surface area contributed by atoms with E-state index in [0.29, 0.717) is 5.56 Å². The summed E-state index contributed by atoms with van der Waals surface area (Å²) >= 11 is 0. The van der Waals surface area contributed by atoms with Crippen LogP contribution in [0.15, 0.2) is 12.1 Å². The van der Waals surface area contributed by atoms with Crippen LogP contribution in [0.1, 0.15) is 11.3 Å². The van der Waals surface area contributed by atoms with Crippen LogP contribution in [-0.4, -0.2) is 50.3 Å². The molecule has 98 valence electrons. The van der Waals surface area contributed by atoms with E-state index in [4.69, 9.17) is 10.00 Å². The number of likely N-dealkylation sites (N-methyl/N-ethyl adjacent to an activating group) is 1.